The molecule has 2 amide bonds. The van der Waals surface area contributed by atoms with E-state index in [1.54, 1.807) is 56.3 Å². The fourth-order valence-corrected chi connectivity index (χ4v) is 2.36. The largest absolute Gasteiger partial charge is 0.476 e. The molecule has 3 rings (SSSR count). The van der Waals surface area contributed by atoms with Gasteiger partial charge in [0.05, 0.1) is 11.9 Å². The van der Waals surface area contributed by atoms with Crippen LogP contribution in [0.4, 0.5) is 5.69 Å². The van der Waals surface area contributed by atoms with Crippen molar-refractivity contribution in [1.82, 2.24) is 5.43 Å². The number of hydrogen-bond donors (Lipinski definition) is 2. The fraction of sp³-hybridized carbons (Fsp3) is 0.167. The van der Waals surface area contributed by atoms with Crippen LogP contribution in [0.25, 0.3) is 0 Å². The molecule has 1 aliphatic rings. The van der Waals surface area contributed by atoms with Crippen molar-refractivity contribution in [2.24, 2.45) is 5.10 Å². The van der Waals surface area contributed by atoms with Gasteiger partial charge in [0.25, 0.3) is 11.8 Å². The molecule has 2 N–H and O–H groups in total. The van der Waals surface area contributed by atoms with Gasteiger partial charge in [-0.05, 0) is 49.7 Å². The van der Waals surface area contributed by atoms with E-state index in [1.165, 1.54) is 6.21 Å². The van der Waals surface area contributed by atoms with E-state index in [2.05, 4.69) is 15.8 Å². The van der Waals surface area contributed by atoms with Gasteiger partial charge in [-0.2, -0.15) is 5.10 Å². The number of benzene rings is 2. The van der Waals surface area contributed by atoms with Gasteiger partial charge in [-0.1, -0.05) is 23.7 Å². The van der Waals surface area contributed by atoms with Gasteiger partial charge in [0.1, 0.15) is 5.75 Å². The molecule has 0 radical (unpaired) electrons. The van der Waals surface area contributed by atoms with Crippen LogP contribution in [-0.4, -0.2) is 23.6 Å². The van der Waals surface area contributed by atoms with E-state index in [4.69, 9.17) is 16.3 Å². The summed E-state index contributed by atoms with van der Waals surface area (Å²) in [5.41, 5.74) is 3.11. The number of halogens is 1. The maximum absolute atomic E-state index is 12.2. The molecule has 2 aromatic carbocycles. The first-order valence-electron chi connectivity index (χ1n) is 7.59. The molecule has 0 bridgehead atoms. The van der Waals surface area contributed by atoms with Gasteiger partial charge < -0.3 is 10.1 Å². The third kappa shape index (κ3) is 3.80. The quantitative estimate of drug-likeness (QED) is 0.654. The molecule has 0 atom stereocenters. The van der Waals surface area contributed by atoms with Gasteiger partial charge in [-0.3, -0.25) is 9.59 Å². The Hall–Kier alpha value is -2.86. The number of hydrogen-bond acceptors (Lipinski definition) is 4. The van der Waals surface area contributed by atoms with Crippen molar-refractivity contribution in [3.8, 4) is 5.75 Å². The number of carbonyl (C=O) groups is 2. The zero-order valence-corrected chi connectivity index (χ0v) is 14.4. The third-order valence-corrected chi connectivity index (χ3v) is 3.90. The van der Waals surface area contributed by atoms with Crippen LogP contribution in [0.3, 0.4) is 0 Å². The molecular formula is C18H16ClN3O3. The molecular weight excluding hydrogens is 342 g/mol. The van der Waals surface area contributed by atoms with E-state index in [0.29, 0.717) is 22.0 Å². The second-order valence-electron chi connectivity index (χ2n) is 6.03. The normalized spacial score (nSPS) is 15.2. The van der Waals surface area contributed by atoms with Gasteiger partial charge in [0.15, 0.2) is 5.60 Å². The number of nitrogens with one attached hydrogen (secondary N) is 2. The molecule has 0 fully saturated rings. The first-order valence-corrected chi connectivity index (χ1v) is 7.96. The second kappa shape index (κ2) is 6.57. The fourth-order valence-electron chi connectivity index (χ4n) is 2.23. The number of fused-ring (bicyclic) bond motifs is 1. The van der Waals surface area contributed by atoms with Crippen molar-refractivity contribution < 1.29 is 14.3 Å². The predicted molar refractivity (Wildman–Crippen MR) is 96.3 cm³/mol. The summed E-state index contributed by atoms with van der Waals surface area (Å²) in [5, 5.41) is 7.28. The molecule has 6 nitrogen and oxygen atoms in total. The van der Waals surface area contributed by atoms with Crippen molar-refractivity contribution in [3.63, 3.8) is 0 Å². The van der Waals surface area contributed by atoms with E-state index in [0.717, 1.165) is 5.56 Å². The van der Waals surface area contributed by atoms with Crippen LogP contribution >= 0.6 is 11.6 Å². The van der Waals surface area contributed by atoms with Crippen LogP contribution in [0.5, 0.6) is 5.75 Å². The Labute approximate surface area is 149 Å². The Morgan fingerprint density at radius 3 is 2.68 bits per heavy atom. The number of nitrogens with zero attached hydrogens (tertiary/aromatic N) is 1. The summed E-state index contributed by atoms with van der Waals surface area (Å²) in [5.74, 6) is -0.142. The zero-order chi connectivity index (χ0) is 18.0. The highest BCUT2D eigenvalue weighted by molar-refractivity contribution is 6.30. The molecule has 1 aliphatic heterocycles. The number of rotatable bonds is 3. The Morgan fingerprint density at radius 2 is 1.96 bits per heavy atom. The van der Waals surface area contributed by atoms with E-state index in [1.807, 2.05) is 0 Å². The van der Waals surface area contributed by atoms with E-state index >= 15 is 0 Å². The highest BCUT2D eigenvalue weighted by Crippen LogP contribution is 2.34. The number of amides is 2. The Balaban J connectivity index is 1.70. The third-order valence-electron chi connectivity index (χ3n) is 3.65. The molecule has 0 saturated carbocycles. The van der Waals surface area contributed by atoms with Crippen molar-refractivity contribution >= 4 is 35.3 Å². The Kier molecular flexibility index (Phi) is 4.46. The molecule has 0 spiro atoms. The lowest BCUT2D eigenvalue weighted by Gasteiger charge is -2.31. The zero-order valence-electron chi connectivity index (χ0n) is 13.7. The number of anilines is 1. The lowest BCUT2D eigenvalue weighted by Crippen LogP contribution is -2.45. The van der Waals surface area contributed by atoms with Crippen LogP contribution in [0.1, 0.15) is 29.8 Å². The maximum Gasteiger partial charge on any atom is 0.271 e. The Morgan fingerprint density at radius 1 is 1.24 bits per heavy atom. The van der Waals surface area contributed by atoms with Gasteiger partial charge in [0.2, 0.25) is 0 Å². The molecule has 7 heteroatoms. The summed E-state index contributed by atoms with van der Waals surface area (Å²) < 4.78 is 5.63. The van der Waals surface area contributed by atoms with E-state index in [-0.39, 0.29) is 5.91 Å². The van der Waals surface area contributed by atoms with Crippen molar-refractivity contribution in [1.29, 1.82) is 0 Å². The standard InChI is InChI=1S/C18H16ClN3O3/c1-18(2)17(24)21-14-9-12(5-8-15(14)25-18)16(23)22-20-10-11-3-6-13(19)7-4-11/h3-10H,1-2H3,(H,21,24)(H,22,23). The lowest BCUT2D eigenvalue weighted by molar-refractivity contribution is -0.129. The van der Waals surface area contributed by atoms with Crippen molar-refractivity contribution in [2.45, 2.75) is 19.4 Å². The van der Waals surface area contributed by atoms with Crippen LogP contribution in [0, 0.1) is 0 Å². The SMILES string of the molecule is CC1(C)Oc2ccc(C(=O)NN=Cc3ccc(Cl)cc3)cc2NC1=O. The monoisotopic (exact) mass is 357 g/mol. The number of ether oxygens (including phenoxy) is 1. The highest BCUT2D eigenvalue weighted by Gasteiger charge is 2.35. The molecule has 2 aromatic rings. The number of hydrazone groups is 1. The first kappa shape index (κ1) is 17.0. The first-order chi connectivity index (χ1) is 11.8. The highest BCUT2D eigenvalue weighted by atomic mass is 35.5. The van der Waals surface area contributed by atoms with Gasteiger partial charge in [0, 0.05) is 10.6 Å². The summed E-state index contributed by atoms with van der Waals surface area (Å²) in [4.78, 5) is 24.1. The second-order valence-corrected chi connectivity index (χ2v) is 6.46. The maximum atomic E-state index is 12.2. The van der Waals surface area contributed by atoms with Gasteiger partial charge in [-0.15, -0.1) is 0 Å². The van der Waals surface area contributed by atoms with Crippen LogP contribution in [0.2, 0.25) is 5.02 Å². The average Bonchev–Trinajstić information content (AvgIpc) is 2.57. The topological polar surface area (TPSA) is 79.8 Å². The molecule has 25 heavy (non-hydrogen) atoms. The van der Waals surface area contributed by atoms with Gasteiger partial charge >= 0.3 is 0 Å². The summed E-state index contributed by atoms with van der Waals surface area (Å²) in [7, 11) is 0. The van der Waals surface area contributed by atoms with E-state index < -0.39 is 11.5 Å². The molecule has 0 aliphatic carbocycles. The van der Waals surface area contributed by atoms with E-state index in [9.17, 15) is 9.59 Å². The summed E-state index contributed by atoms with van der Waals surface area (Å²) in [6, 6.07) is 11.8. The lowest BCUT2D eigenvalue weighted by atomic mass is 10.0. The summed E-state index contributed by atoms with van der Waals surface area (Å²) in [6.07, 6.45) is 1.51. The average molecular weight is 358 g/mol. The van der Waals surface area contributed by atoms with Crippen LogP contribution in [-0.2, 0) is 4.79 Å². The smallest absolute Gasteiger partial charge is 0.271 e. The minimum Gasteiger partial charge on any atom is -0.476 e. The van der Waals surface area contributed by atoms with Gasteiger partial charge in [-0.25, -0.2) is 5.43 Å². The molecule has 0 unspecified atom stereocenters. The van der Waals surface area contributed by atoms with Crippen LogP contribution < -0.4 is 15.5 Å². The number of carbonyl (C=O) groups excluding carboxylic acids is 2. The van der Waals surface area contributed by atoms with Crippen molar-refractivity contribution in [3.05, 3.63) is 58.6 Å². The minimum atomic E-state index is -0.945. The van der Waals surface area contributed by atoms with Crippen molar-refractivity contribution in [2.75, 3.05) is 5.32 Å². The molecule has 1 heterocycles. The summed E-state index contributed by atoms with van der Waals surface area (Å²) in [6.45, 7) is 3.36. The Bertz CT molecular complexity index is 860. The van der Waals surface area contributed by atoms with Crippen LogP contribution in [0.15, 0.2) is 47.6 Å². The molecule has 0 saturated heterocycles. The predicted octanol–water partition coefficient (Wildman–Crippen LogP) is 3.21. The molecule has 0 aromatic heterocycles. The summed E-state index contributed by atoms with van der Waals surface area (Å²) >= 11 is 5.81. The minimum absolute atomic E-state index is 0.265. The molecule has 128 valence electrons.